The number of allylic oxidation sites excluding steroid dienone is 1. The Labute approximate surface area is 132 Å². The number of carbonyl (C=O) groups excluding carboxylic acids is 1. The highest BCUT2D eigenvalue weighted by molar-refractivity contribution is 5.91. The molecule has 4 aliphatic carbocycles. The first-order valence-electron chi connectivity index (χ1n) is 8.96. The lowest BCUT2D eigenvalue weighted by Gasteiger charge is -2.56. The molecule has 122 valence electrons. The van der Waals surface area contributed by atoms with Crippen molar-refractivity contribution in [1.29, 1.82) is 0 Å². The van der Waals surface area contributed by atoms with E-state index in [4.69, 9.17) is 0 Å². The molecule has 0 unspecified atom stereocenters. The van der Waals surface area contributed by atoms with Crippen LogP contribution in [0.4, 0.5) is 0 Å². The van der Waals surface area contributed by atoms with Gasteiger partial charge in [0.2, 0.25) is 0 Å². The summed E-state index contributed by atoms with van der Waals surface area (Å²) in [6.07, 6.45) is 8.00. The van der Waals surface area contributed by atoms with E-state index in [1.54, 1.807) is 0 Å². The second-order valence-electron chi connectivity index (χ2n) is 8.73. The van der Waals surface area contributed by atoms with Crippen molar-refractivity contribution in [1.82, 2.24) is 0 Å². The molecule has 0 aliphatic heterocycles. The van der Waals surface area contributed by atoms with Crippen LogP contribution in [0.25, 0.3) is 0 Å². The summed E-state index contributed by atoms with van der Waals surface area (Å²) in [7, 11) is 0. The summed E-state index contributed by atoms with van der Waals surface area (Å²) in [4.78, 5) is 12.4. The standard InChI is InChI=1S/C19H28O3/c1-18-7-5-12(20)9-11(18)3-4-13-14(18)6-8-19(2)15(13)10-16(21)17(19)22/h3,12-16,20-21H,4-10H2,1-2H3/t12-,13-,14+,15+,16-,18+,19+/m1/s1. The quantitative estimate of drug-likeness (QED) is 0.677. The number of aliphatic hydroxyl groups is 2. The minimum absolute atomic E-state index is 0.0925. The van der Waals surface area contributed by atoms with Crippen molar-refractivity contribution in [2.45, 2.75) is 71.0 Å². The van der Waals surface area contributed by atoms with Crippen LogP contribution in [0.3, 0.4) is 0 Å². The van der Waals surface area contributed by atoms with Crippen molar-refractivity contribution < 1.29 is 15.0 Å². The lowest BCUT2D eigenvalue weighted by Crippen LogP contribution is -2.50. The molecule has 3 saturated carbocycles. The Kier molecular flexibility index (Phi) is 3.16. The number of fused-ring (bicyclic) bond motifs is 5. The van der Waals surface area contributed by atoms with E-state index in [0.29, 0.717) is 24.2 Å². The zero-order valence-electron chi connectivity index (χ0n) is 13.7. The highest BCUT2D eigenvalue weighted by atomic mass is 16.3. The van der Waals surface area contributed by atoms with Gasteiger partial charge in [-0.15, -0.1) is 0 Å². The molecule has 7 atom stereocenters. The summed E-state index contributed by atoms with van der Waals surface area (Å²) in [6.45, 7) is 4.48. The second-order valence-corrected chi connectivity index (χ2v) is 8.73. The number of carbonyl (C=O) groups is 1. The first-order chi connectivity index (χ1) is 10.4. The number of rotatable bonds is 0. The summed E-state index contributed by atoms with van der Waals surface area (Å²) in [5.74, 6) is 1.59. The summed E-state index contributed by atoms with van der Waals surface area (Å²) < 4.78 is 0. The fourth-order valence-corrected chi connectivity index (χ4v) is 6.43. The van der Waals surface area contributed by atoms with Crippen LogP contribution in [0.1, 0.15) is 58.8 Å². The van der Waals surface area contributed by atoms with Crippen molar-refractivity contribution in [3.05, 3.63) is 11.6 Å². The van der Waals surface area contributed by atoms with Gasteiger partial charge in [0.1, 0.15) is 6.10 Å². The maximum atomic E-state index is 12.4. The largest absolute Gasteiger partial charge is 0.393 e. The van der Waals surface area contributed by atoms with Crippen LogP contribution in [-0.4, -0.2) is 28.2 Å². The van der Waals surface area contributed by atoms with Gasteiger partial charge < -0.3 is 10.2 Å². The first-order valence-corrected chi connectivity index (χ1v) is 8.96. The van der Waals surface area contributed by atoms with E-state index in [9.17, 15) is 15.0 Å². The highest BCUT2D eigenvalue weighted by Crippen LogP contribution is 2.63. The van der Waals surface area contributed by atoms with Crippen molar-refractivity contribution in [3.63, 3.8) is 0 Å². The third-order valence-electron chi connectivity index (χ3n) is 7.81. The van der Waals surface area contributed by atoms with Gasteiger partial charge in [-0.3, -0.25) is 4.79 Å². The molecule has 4 aliphatic rings. The van der Waals surface area contributed by atoms with Crippen LogP contribution >= 0.6 is 0 Å². The van der Waals surface area contributed by atoms with E-state index < -0.39 is 6.10 Å². The van der Waals surface area contributed by atoms with Gasteiger partial charge in [-0.1, -0.05) is 25.5 Å². The predicted octanol–water partition coefficient (Wildman–Crippen LogP) is 2.85. The summed E-state index contributed by atoms with van der Waals surface area (Å²) in [5, 5.41) is 20.1. The van der Waals surface area contributed by atoms with Crippen molar-refractivity contribution in [2.24, 2.45) is 28.6 Å². The minimum Gasteiger partial charge on any atom is -0.393 e. The van der Waals surface area contributed by atoms with Gasteiger partial charge in [0.05, 0.1) is 6.10 Å². The molecular weight excluding hydrogens is 276 g/mol. The van der Waals surface area contributed by atoms with Gasteiger partial charge in [0, 0.05) is 5.41 Å². The summed E-state index contributed by atoms with van der Waals surface area (Å²) in [5.41, 5.74) is 1.37. The Hall–Kier alpha value is -0.670. The molecule has 0 amide bonds. The molecule has 3 heteroatoms. The smallest absolute Gasteiger partial charge is 0.167 e. The first kappa shape index (κ1) is 14.9. The van der Waals surface area contributed by atoms with Crippen LogP contribution < -0.4 is 0 Å². The number of ketones is 1. The average molecular weight is 304 g/mol. The Morgan fingerprint density at radius 3 is 2.59 bits per heavy atom. The third kappa shape index (κ3) is 1.78. The van der Waals surface area contributed by atoms with E-state index in [1.807, 2.05) is 0 Å². The molecule has 0 bridgehead atoms. The van der Waals surface area contributed by atoms with E-state index in [0.717, 1.165) is 38.5 Å². The van der Waals surface area contributed by atoms with Gasteiger partial charge in [-0.25, -0.2) is 0 Å². The molecule has 0 aromatic heterocycles. The maximum absolute atomic E-state index is 12.4. The predicted molar refractivity (Wildman–Crippen MR) is 84.1 cm³/mol. The third-order valence-corrected chi connectivity index (χ3v) is 7.81. The molecule has 0 saturated heterocycles. The second kappa shape index (κ2) is 4.67. The van der Waals surface area contributed by atoms with Crippen LogP contribution in [0.5, 0.6) is 0 Å². The zero-order chi connectivity index (χ0) is 15.7. The fraction of sp³-hybridized carbons (Fsp3) is 0.842. The molecule has 0 radical (unpaired) electrons. The van der Waals surface area contributed by atoms with E-state index in [2.05, 4.69) is 19.9 Å². The molecule has 0 aromatic rings. The lowest BCUT2D eigenvalue weighted by molar-refractivity contribution is -0.136. The van der Waals surface area contributed by atoms with Gasteiger partial charge in [-0.05, 0) is 68.1 Å². The van der Waals surface area contributed by atoms with Crippen LogP contribution in [0, 0.1) is 28.6 Å². The highest BCUT2D eigenvalue weighted by Gasteiger charge is 2.60. The molecule has 22 heavy (non-hydrogen) atoms. The summed E-state index contributed by atoms with van der Waals surface area (Å²) in [6, 6.07) is 0. The van der Waals surface area contributed by atoms with Crippen LogP contribution in [-0.2, 0) is 4.79 Å². The molecule has 2 N–H and O–H groups in total. The molecule has 3 fully saturated rings. The minimum atomic E-state index is -0.736. The van der Waals surface area contributed by atoms with Crippen molar-refractivity contribution >= 4 is 5.78 Å². The number of hydrogen-bond acceptors (Lipinski definition) is 3. The normalized spacial score (nSPS) is 54.3. The Balaban J connectivity index is 1.70. The van der Waals surface area contributed by atoms with Crippen molar-refractivity contribution in [2.75, 3.05) is 0 Å². The molecule has 4 rings (SSSR count). The molecule has 3 nitrogen and oxygen atoms in total. The summed E-state index contributed by atoms with van der Waals surface area (Å²) >= 11 is 0. The van der Waals surface area contributed by atoms with E-state index in [-0.39, 0.29) is 22.7 Å². The van der Waals surface area contributed by atoms with Crippen LogP contribution in [0.2, 0.25) is 0 Å². The Morgan fingerprint density at radius 2 is 1.82 bits per heavy atom. The van der Waals surface area contributed by atoms with Gasteiger partial charge in [0.15, 0.2) is 5.78 Å². The van der Waals surface area contributed by atoms with E-state index >= 15 is 0 Å². The monoisotopic (exact) mass is 304 g/mol. The topological polar surface area (TPSA) is 57.5 Å². The SMILES string of the molecule is C[C@]12CC[C@@H](O)CC1=CC[C@@H]1[C@@H]2CC[C@]2(C)C(=O)[C@H](O)C[C@@H]12. The number of hydrogen-bond donors (Lipinski definition) is 2. The molecular formula is C19H28O3. The molecule has 0 heterocycles. The van der Waals surface area contributed by atoms with Gasteiger partial charge in [0.25, 0.3) is 0 Å². The van der Waals surface area contributed by atoms with Crippen molar-refractivity contribution in [3.8, 4) is 0 Å². The van der Waals surface area contributed by atoms with E-state index in [1.165, 1.54) is 5.57 Å². The van der Waals surface area contributed by atoms with Crippen LogP contribution in [0.15, 0.2) is 11.6 Å². The Morgan fingerprint density at radius 1 is 1.09 bits per heavy atom. The van der Waals surface area contributed by atoms with Gasteiger partial charge in [-0.2, -0.15) is 0 Å². The molecule has 0 spiro atoms. The fourth-order valence-electron chi connectivity index (χ4n) is 6.43. The van der Waals surface area contributed by atoms with Gasteiger partial charge >= 0.3 is 0 Å². The zero-order valence-corrected chi connectivity index (χ0v) is 13.7. The number of Topliss-reactive ketones (excluding diaryl/α,β-unsaturated/α-hetero) is 1. The average Bonchev–Trinajstić information content (AvgIpc) is 2.72. The number of aliphatic hydroxyl groups excluding tert-OH is 2. The maximum Gasteiger partial charge on any atom is 0.167 e. The Bertz CT molecular complexity index is 539. The molecule has 0 aromatic carbocycles. The lowest BCUT2D eigenvalue weighted by atomic mass is 9.48.